The Kier molecular flexibility index (Phi) is 5.59. The second-order valence-corrected chi connectivity index (χ2v) is 6.21. The van der Waals surface area contributed by atoms with Crippen molar-refractivity contribution in [1.29, 1.82) is 0 Å². The molecule has 124 valence electrons. The molecule has 0 saturated heterocycles. The Labute approximate surface area is 142 Å². The maximum Gasteiger partial charge on any atom is 0.338 e. The fourth-order valence-corrected chi connectivity index (χ4v) is 2.43. The molecule has 0 atom stereocenters. The predicted octanol–water partition coefficient (Wildman–Crippen LogP) is 5.04. The molecule has 0 unspecified atom stereocenters. The van der Waals surface area contributed by atoms with Crippen molar-refractivity contribution in [2.75, 3.05) is 0 Å². The third kappa shape index (κ3) is 4.85. The van der Waals surface area contributed by atoms with Crippen LogP contribution in [-0.4, -0.2) is 16.7 Å². The number of esters is 1. The van der Waals surface area contributed by atoms with Crippen LogP contribution in [-0.2, 0) is 11.2 Å². The summed E-state index contributed by atoms with van der Waals surface area (Å²) in [5.41, 5.74) is 2.84. The Hall–Kier alpha value is -2.81. The molecule has 0 radical (unpaired) electrons. The van der Waals surface area contributed by atoms with Crippen molar-refractivity contribution in [1.82, 2.24) is 0 Å². The van der Waals surface area contributed by atoms with Gasteiger partial charge in [0, 0.05) is 6.42 Å². The van der Waals surface area contributed by atoms with Gasteiger partial charge in [0.25, 0.3) is 0 Å². The summed E-state index contributed by atoms with van der Waals surface area (Å²) in [5.74, 6) is -0.338. The van der Waals surface area contributed by atoms with Crippen LogP contribution in [0.1, 0.15) is 40.9 Å². The number of benzene rings is 2. The van der Waals surface area contributed by atoms with E-state index in [1.165, 1.54) is 0 Å². The lowest BCUT2D eigenvalue weighted by Gasteiger charge is -2.25. The number of aliphatic hydroxyl groups is 1. The molecule has 0 amide bonds. The van der Waals surface area contributed by atoms with Gasteiger partial charge in [0.15, 0.2) is 0 Å². The van der Waals surface area contributed by atoms with E-state index >= 15 is 0 Å². The van der Waals surface area contributed by atoms with Gasteiger partial charge < -0.3 is 9.84 Å². The number of carbonyl (C=O) groups is 1. The highest BCUT2D eigenvalue weighted by molar-refractivity contribution is 5.89. The molecule has 0 spiro atoms. The summed E-state index contributed by atoms with van der Waals surface area (Å²) >= 11 is 0. The Morgan fingerprint density at radius 1 is 1.08 bits per heavy atom. The van der Waals surface area contributed by atoms with Crippen molar-refractivity contribution in [3.63, 3.8) is 0 Å². The van der Waals surface area contributed by atoms with Crippen molar-refractivity contribution < 1.29 is 14.6 Å². The van der Waals surface area contributed by atoms with Crippen molar-refractivity contribution >= 4 is 18.1 Å². The fraction of sp³-hybridized carbons (Fsp3) is 0.190. The number of rotatable bonds is 6. The van der Waals surface area contributed by atoms with Crippen LogP contribution in [0.3, 0.4) is 0 Å². The molecule has 2 rings (SSSR count). The van der Waals surface area contributed by atoms with Gasteiger partial charge in [0.05, 0.1) is 11.8 Å². The lowest BCUT2D eigenvalue weighted by atomic mass is 9.97. The topological polar surface area (TPSA) is 46.5 Å². The molecule has 2 aromatic carbocycles. The van der Waals surface area contributed by atoms with Crippen molar-refractivity contribution in [3.8, 4) is 0 Å². The standard InChI is InChI=1S/C21H22O3/c1-4-16-9-11-19(12-10-16)20(23)24-21(2,3)15-18-7-5-17(6-8-18)13-14-22/h4-14,22H,1,15H2,2-3H3. The summed E-state index contributed by atoms with van der Waals surface area (Å²) in [6, 6.07) is 14.9. The van der Waals surface area contributed by atoms with Crippen LogP contribution in [0, 0.1) is 0 Å². The minimum Gasteiger partial charge on any atom is -0.516 e. The summed E-state index contributed by atoms with van der Waals surface area (Å²) in [6.45, 7) is 7.48. The van der Waals surface area contributed by atoms with E-state index in [0.717, 1.165) is 23.0 Å². The molecular weight excluding hydrogens is 300 g/mol. The molecule has 3 nitrogen and oxygen atoms in total. The van der Waals surface area contributed by atoms with Gasteiger partial charge in [-0.2, -0.15) is 0 Å². The summed E-state index contributed by atoms with van der Waals surface area (Å²) < 4.78 is 5.66. The number of carbonyl (C=O) groups excluding carboxylic acids is 1. The second-order valence-electron chi connectivity index (χ2n) is 6.21. The molecule has 3 heteroatoms. The van der Waals surface area contributed by atoms with Gasteiger partial charge in [0.2, 0.25) is 0 Å². The van der Waals surface area contributed by atoms with Crippen LogP contribution < -0.4 is 0 Å². The van der Waals surface area contributed by atoms with E-state index in [1.54, 1.807) is 24.3 Å². The van der Waals surface area contributed by atoms with Crippen LogP contribution in [0.25, 0.3) is 12.2 Å². The van der Waals surface area contributed by atoms with E-state index in [-0.39, 0.29) is 5.97 Å². The normalized spacial score (nSPS) is 11.4. The zero-order chi connectivity index (χ0) is 17.6. The minimum absolute atomic E-state index is 0.338. The molecule has 0 bridgehead atoms. The molecule has 0 saturated carbocycles. The van der Waals surface area contributed by atoms with Gasteiger partial charge in [-0.3, -0.25) is 0 Å². The van der Waals surface area contributed by atoms with E-state index in [9.17, 15) is 4.79 Å². The van der Waals surface area contributed by atoms with E-state index in [0.29, 0.717) is 12.0 Å². The van der Waals surface area contributed by atoms with Crippen LogP contribution in [0.2, 0.25) is 0 Å². The number of ether oxygens (including phenoxy) is 1. The Morgan fingerprint density at radius 3 is 2.21 bits per heavy atom. The molecule has 1 N–H and O–H groups in total. The Balaban J connectivity index is 2.03. The number of hydrogen-bond acceptors (Lipinski definition) is 3. The molecule has 2 aromatic rings. The molecule has 0 heterocycles. The predicted molar refractivity (Wildman–Crippen MR) is 97.8 cm³/mol. The van der Waals surface area contributed by atoms with Crippen LogP contribution in [0.4, 0.5) is 0 Å². The van der Waals surface area contributed by atoms with Gasteiger partial charge >= 0.3 is 5.97 Å². The van der Waals surface area contributed by atoms with E-state index < -0.39 is 5.60 Å². The highest BCUT2D eigenvalue weighted by atomic mass is 16.6. The van der Waals surface area contributed by atoms with Gasteiger partial charge in [-0.1, -0.05) is 49.1 Å². The molecule has 24 heavy (non-hydrogen) atoms. The number of hydrogen-bond donors (Lipinski definition) is 1. The zero-order valence-corrected chi connectivity index (χ0v) is 14.0. The third-order valence-electron chi connectivity index (χ3n) is 3.63. The van der Waals surface area contributed by atoms with E-state index in [1.807, 2.05) is 50.2 Å². The minimum atomic E-state index is -0.622. The fourth-order valence-electron chi connectivity index (χ4n) is 2.43. The molecule has 0 aliphatic carbocycles. The maximum absolute atomic E-state index is 12.3. The highest BCUT2D eigenvalue weighted by Gasteiger charge is 2.24. The maximum atomic E-state index is 12.3. The average Bonchev–Trinajstić information content (AvgIpc) is 2.56. The molecule has 0 aliphatic heterocycles. The highest BCUT2D eigenvalue weighted by Crippen LogP contribution is 2.20. The summed E-state index contributed by atoms with van der Waals surface area (Å²) in [7, 11) is 0. The van der Waals surface area contributed by atoms with Crippen LogP contribution in [0.5, 0.6) is 0 Å². The second kappa shape index (κ2) is 7.64. The average molecular weight is 322 g/mol. The summed E-state index contributed by atoms with van der Waals surface area (Å²) in [6.07, 6.45) is 4.96. The molecule has 0 fully saturated rings. The smallest absolute Gasteiger partial charge is 0.338 e. The van der Waals surface area contributed by atoms with Crippen molar-refractivity contribution in [2.45, 2.75) is 25.9 Å². The molecular formula is C21H22O3. The lowest BCUT2D eigenvalue weighted by Crippen LogP contribution is -2.30. The first-order valence-electron chi connectivity index (χ1n) is 7.79. The SMILES string of the molecule is C=Cc1ccc(C(=O)OC(C)(C)Cc2ccc(C=CO)cc2)cc1. The summed E-state index contributed by atoms with van der Waals surface area (Å²) in [4.78, 5) is 12.3. The van der Waals surface area contributed by atoms with E-state index in [4.69, 9.17) is 9.84 Å². The lowest BCUT2D eigenvalue weighted by molar-refractivity contribution is -0.000654. The molecule has 0 aromatic heterocycles. The Morgan fingerprint density at radius 2 is 1.67 bits per heavy atom. The van der Waals surface area contributed by atoms with E-state index in [2.05, 4.69) is 6.58 Å². The van der Waals surface area contributed by atoms with Gasteiger partial charge in [0.1, 0.15) is 5.60 Å². The van der Waals surface area contributed by atoms with Gasteiger partial charge in [-0.05, 0) is 48.7 Å². The monoisotopic (exact) mass is 322 g/mol. The van der Waals surface area contributed by atoms with Gasteiger partial charge in [-0.25, -0.2) is 4.79 Å². The summed E-state index contributed by atoms with van der Waals surface area (Å²) in [5, 5.41) is 8.77. The molecule has 0 aliphatic rings. The Bertz CT molecular complexity index is 723. The van der Waals surface area contributed by atoms with Crippen LogP contribution >= 0.6 is 0 Å². The third-order valence-corrected chi connectivity index (χ3v) is 3.63. The first kappa shape index (κ1) is 17.5. The first-order chi connectivity index (χ1) is 11.4. The van der Waals surface area contributed by atoms with Crippen LogP contribution in [0.15, 0.2) is 61.4 Å². The zero-order valence-electron chi connectivity index (χ0n) is 14.0. The first-order valence-corrected chi connectivity index (χ1v) is 7.79. The number of aliphatic hydroxyl groups excluding tert-OH is 1. The quantitative estimate of drug-likeness (QED) is 0.599. The van der Waals surface area contributed by atoms with Crippen molar-refractivity contribution in [3.05, 3.63) is 83.6 Å². The van der Waals surface area contributed by atoms with Gasteiger partial charge in [-0.15, -0.1) is 0 Å². The largest absolute Gasteiger partial charge is 0.516 e. The van der Waals surface area contributed by atoms with Crippen molar-refractivity contribution in [2.24, 2.45) is 0 Å².